The minimum atomic E-state index is -0.620. The molecule has 0 fully saturated rings. The lowest BCUT2D eigenvalue weighted by molar-refractivity contribution is -0.122. The highest BCUT2D eigenvalue weighted by molar-refractivity contribution is 9.10. The maximum atomic E-state index is 12.2. The topological polar surface area (TPSA) is 101 Å². The fourth-order valence-corrected chi connectivity index (χ4v) is 3.73. The van der Waals surface area contributed by atoms with E-state index in [0.29, 0.717) is 17.8 Å². The number of oxime groups is 1. The smallest absolute Gasteiger partial charge is 0.304 e. The van der Waals surface area contributed by atoms with E-state index in [0.717, 1.165) is 34.4 Å². The van der Waals surface area contributed by atoms with Gasteiger partial charge in [-0.15, -0.1) is 10.2 Å². The fraction of sp³-hybridized carbons (Fsp3) is 0.333. The van der Waals surface area contributed by atoms with Gasteiger partial charge in [0.15, 0.2) is 12.3 Å². The van der Waals surface area contributed by atoms with E-state index < -0.39 is 5.91 Å². The maximum Gasteiger partial charge on any atom is 0.304 e. The van der Waals surface area contributed by atoms with Crippen LogP contribution in [0.4, 0.5) is 5.69 Å². The molecule has 3 aromatic rings. The summed E-state index contributed by atoms with van der Waals surface area (Å²) in [5.74, 6) is 0.0675. The minimum absolute atomic E-state index is 0.0501. The number of hydrogen-bond donors (Lipinski definition) is 1. The van der Waals surface area contributed by atoms with Gasteiger partial charge in [-0.25, -0.2) is 0 Å². The third kappa shape index (κ3) is 6.00. The zero-order valence-corrected chi connectivity index (χ0v) is 21.2. The Balaban J connectivity index is 1.74. The molecule has 0 spiro atoms. The Hall–Kier alpha value is -3.24. The quantitative estimate of drug-likeness (QED) is 0.213. The Morgan fingerprint density at radius 3 is 2.50 bits per heavy atom. The molecule has 34 heavy (non-hydrogen) atoms. The van der Waals surface area contributed by atoms with Crippen molar-refractivity contribution in [3.05, 3.63) is 52.5 Å². The van der Waals surface area contributed by atoms with E-state index in [2.05, 4.69) is 50.1 Å². The summed E-state index contributed by atoms with van der Waals surface area (Å²) in [7, 11) is 1.60. The molecule has 0 saturated heterocycles. The molecule has 0 aliphatic rings. The summed E-state index contributed by atoms with van der Waals surface area (Å²) in [6.45, 7) is 7.66. The van der Waals surface area contributed by atoms with Crippen LogP contribution in [0, 0.1) is 0 Å². The maximum absolute atomic E-state index is 12.2. The van der Waals surface area contributed by atoms with E-state index in [1.807, 2.05) is 42.5 Å². The first kappa shape index (κ1) is 25.4. The summed E-state index contributed by atoms with van der Waals surface area (Å²) < 4.78 is 7.72. The van der Waals surface area contributed by atoms with Gasteiger partial charge in [-0.3, -0.25) is 14.3 Å². The van der Waals surface area contributed by atoms with Crippen molar-refractivity contribution < 1.29 is 19.5 Å². The Morgan fingerprint density at radius 2 is 1.85 bits per heavy atom. The third-order valence-corrected chi connectivity index (χ3v) is 5.86. The molecule has 0 saturated carbocycles. The second kappa shape index (κ2) is 11.8. The van der Waals surface area contributed by atoms with Crippen molar-refractivity contribution in [1.29, 1.82) is 0 Å². The van der Waals surface area contributed by atoms with Crippen molar-refractivity contribution in [3.8, 4) is 11.6 Å². The Bertz CT molecular complexity index is 1200. The number of carbonyl (C=O) groups is 1. The molecule has 180 valence electrons. The summed E-state index contributed by atoms with van der Waals surface area (Å²) in [5.41, 5.74) is 2.47. The van der Waals surface area contributed by atoms with Crippen molar-refractivity contribution >= 4 is 44.1 Å². The van der Waals surface area contributed by atoms with Crippen LogP contribution in [0.2, 0.25) is 0 Å². The van der Waals surface area contributed by atoms with Crippen LogP contribution in [0.15, 0.2) is 62.3 Å². The highest BCUT2D eigenvalue weighted by Gasteiger charge is 2.18. The Kier molecular flexibility index (Phi) is 8.78. The molecule has 0 radical (unpaired) electrons. The van der Waals surface area contributed by atoms with Gasteiger partial charge in [0.2, 0.25) is 5.88 Å². The number of amides is 1. The predicted octanol–water partition coefficient (Wildman–Crippen LogP) is 5.47. The average molecular weight is 530 g/mol. The van der Waals surface area contributed by atoms with Crippen molar-refractivity contribution in [2.45, 2.75) is 27.4 Å². The lowest BCUT2D eigenvalue weighted by atomic mass is 10.1. The lowest BCUT2D eigenvalue weighted by Crippen LogP contribution is -2.25. The molecule has 1 amide bonds. The SMILES string of the molecule is CCN(CC)Cn1c(O)c(N=NC(=O)CON=C(C)c2ccc(OC)cc2)c2cc(Br)ccc21. The zero-order chi connectivity index (χ0) is 24.7. The summed E-state index contributed by atoms with van der Waals surface area (Å²) in [5, 5.41) is 23.3. The molecular formula is C24H28BrN5O4. The molecule has 0 atom stereocenters. The molecule has 0 aliphatic heterocycles. The van der Waals surface area contributed by atoms with Crippen LogP contribution in [-0.2, 0) is 16.3 Å². The van der Waals surface area contributed by atoms with E-state index in [1.54, 1.807) is 18.6 Å². The van der Waals surface area contributed by atoms with E-state index >= 15 is 0 Å². The number of halogens is 1. The number of benzene rings is 2. The first-order valence-corrected chi connectivity index (χ1v) is 11.7. The average Bonchev–Trinajstić information content (AvgIpc) is 3.10. The van der Waals surface area contributed by atoms with Gasteiger partial charge in [0.1, 0.15) is 5.75 Å². The molecule has 1 N–H and O–H groups in total. The van der Waals surface area contributed by atoms with E-state index in [1.165, 1.54) is 0 Å². The van der Waals surface area contributed by atoms with Gasteiger partial charge in [0.25, 0.3) is 0 Å². The summed E-state index contributed by atoms with van der Waals surface area (Å²) in [6, 6.07) is 12.9. The Morgan fingerprint density at radius 1 is 1.15 bits per heavy atom. The largest absolute Gasteiger partial charge is 0.497 e. The molecule has 10 heteroatoms. The molecule has 9 nitrogen and oxygen atoms in total. The minimum Gasteiger partial charge on any atom is -0.497 e. The lowest BCUT2D eigenvalue weighted by Gasteiger charge is -2.20. The standard InChI is InChI=1S/C24H28BrN5O4/c1-5-29(6-2)15-30-21-12-9-18(25)13-20(21)23(24(30)32)27-26-22(31)14-34-28-16(3)17-7-10-19(33-4)11-8-17/h7-13,32H,5-6,14-15H2,1-4H3. The number of ether oxygens (including phenoxy) is 1. The van der Waals surface area contributed by atoms with Gasteiger partial charge < -0.3 is 14.7 Å². The van der Waals surface area contributed by atoms with E-state index in [9.17, 15) is 9.90 Å². The van der Waals surface area contributed by atoms with E-state index in [4.69, 9.17) is 9.57 Å². The van der Waals surface area contributed by atoms with Gasteiger partial charge in [0.05, 0.1) is 25.0 Å². The summed E-state index contributed by atoms with van der Waals surface area (Å²) >= 11 is 3.45. The van der Waals surface area contributed by atoms with Gasteiger partial charge >= 0.3 is 5.91 Å². The number of hydrogen-bond acceptors (Lipinski definition) is 7. The normalized spacial score (nSPS) is 12.1. The third-order valence-electron chi connectivity index (χ3n) is 5.37. The highest BCUT2D eigenvalue weighted by atomic mass is 79.9. The highest BCUT2D eigenvalue weighted by Crippen LogP contribution is 2.40. The van der Waals surface area contributed by atoms with Gasteiger partial charge in [0, 0.05) is 9.86 Å². The number of methoxy groups -OCH3 is 1. The molecule has 2 aromatic carbocycles. The van der Waals surface area contributed by atoms with Crippen LogP contribution in [-0.4, -0.2) is 53.0 Å². The van der Waals surface area contributed by atoms with Crippen LogP contribution in [0.3, 0.4) is 0 Å². The van der Waals surface area contributed by atoms with Crippen molar-refractivity contribution in [2.75, 3.05) is 26.8 Å². The van der Waals surface area contributed by atoms with Gasteiger partial charge in [-0.1, -0.05) is 34.9 Å². The Labute approximate surface area is 206 Å². The molecule has 0 aliphatic carbocycles. The van der Waals surface area contributed by atoms with Crippen LogP contribution >= 0.6 is 15.9 Å². The predicted molar refractivity (Wildman–Crippen MR) is 135 cm³/mol. The number of aromatic hydroxyl groups is 1. The number of fused-ring (bicyclic) bond motifs is 1. The van der Waals surface area contributed by atoms with Crippen LogP contribution in [0.1, 0.15) is 26.3 Å². The number of nitrogens with zero attached hydrogens (tertiary/aromatic N) is 5. The molecule has 3 rings (SSSR count). The molecule has 0 bridgehead atoms. The number of carbonyl (C=O) groups excluding carboxylic acids is 1. The first-order valence-electron chi connectivity index (χ1n) is 10.9. The molecular weight excluding hydrogens is 502 g/mol. The van der Waals surface area contributed by atoms with Crippen molar-refractivity contribution in [2.24, 2.45) is 15.4 Å². The van der Waals surface area contributed by atoms with Crippen LogP contribution in [0.25, 0.3) is 10.9 Å². The zero-order valence-electron chi connectivity index (χ0n) is 19.7. The second-order valence-electron chi connectivity index (χ2n) is 7.48. The second-order valence-corrected chi connectivity index (χ2v) is 8.39. The van der Waals surface area contributed by atoms with Crippen LogP contribution in [0.5, 0.6) is 11.6 Å². The fourth-order valence-electron chi connectivity index (χ4n) is 3.36. The van der Waals surface area contributed by atoms with Gasteiger partial charge in [-0.2, -0.15) is 0 Å². The summed E-state index contributed by atoms with van der Waals surface area (Å²) in [4.78, 5) is 19.5. The summed E-state index contributed by atoms with van der Waals surface area (Å²) in [6.07, 6.45) is 0. The molecule has 1 heterocycles. The first-order chi connectivity index (χ1) is 16.4. The van der Waals surface area contributed by atoms with Crippen molar-refractivity contribution in [1.82, 2.24) is 9.47 Å². The van der Waals surface area contributed by atoms with Crippen molar-refractivity contribution in [3.63, 3.8) is 0 Å². The number of azo groups is 1. The van der Waals surface area contributed by atoms with Crippen LogP contribution < -0.4 is 4.74 Å². The van der Waals surface area contributed by atoms with E-state index in [-0.39, 0.29) is 18.2 Å². The number of rotatable bonds is 10. The monoisotopic (exact) mass is 529 g/mol. The number of aromatic nitrogens is 1. The molecule has 0 unspecified atom stereocenters. The van der Waals surface area contributed by atoms with Gasteiger partial charge in [-0.05, 0) is 68.0 Å². The molecule has 1 aromatic heterocycles.